The minimum absolute atomic E-state index is 0.166. The first kappa shape index (κ1) is 14.5. The molecule has 0 spiro atoms. The van der Waals surface area contributed by atoms with Crippen LogP contribution in [0.4, 0.5) is 0 Å². The van der Waals surface area contributed by atoms with E-state index in [1.165, 1.54) is 24.5 Å². The van der Waals surface area contributed by atoms with Crippen molar-refractivity contribution in [1.29, 1.82) is 0 Å². The van der Waals surface area contributed by atoms with E-state index in [4.69, 9.17) is 4.74 Å². The van der Waals surface area contributed by atoms with Gasteiger partial charge in [0.05, 0.1) is 0 Å². The maximum absolute atomic E-state index is 12.2. The molecule has 0 atom stereocenters. The number of para-hydroxylation sites is 1. The fourth-order valence-electron chi connectivity index (χ4n) is 1.62. The Bertz CT molecular complexity index is 670. The van der Waals surface area contributed by atoms with Crippen LogP contribution in [0.3, 0.4) is 0 Å². The van der Waals surface area contributed by atoms with Crippen molar-refractivity contribution < 1.29 is 13.2 Å². The van der Waals surface area contributed by atoms with Crippen molar-refractivity contribution in [3.05, 3.63) is 54.4 Å². The number of ether oxygens (including phenoxy) is 1. The molecule has 0 aliphatic heterocycles. The molecule has 0 saturated heterocycles. The Morgan fingerprint density at radius 3 is 2.40 bits per heavy atom. The van der Waals surface area contributed by atoms with Crippen molar-refractivity contribution in [2.75, 3.05) is 14.1 Å². The number of pyridine rings is 1. The topological polar surface area (TPSA) is 59.5 Å². The molecule has 0 bridgehead atoms. The number of hydrogen-bond acceptors (Lipinski definition) is 4. The smallest absolute Gasteiger partial charge is 0.246 e. The van der Waals surface area contributed by atoms with Crippen LogP contribution in [0.5, 0.6) is 5.75 Å². The largest absolute Gasteiger partial charge is 0.487 e. The van der Waals surface area contributed by atoms with Gasteiger partial charge in [0.15, 0.2) is 0 Å². The standard InChI is InChI=1S/C14H16N2O3S/c1-16(2)20(17,18)14-6-4-3-5-13(14)19-11-12-7-9-15-10-8-12/h3-10H,11H2,1-2H3. The Hall–Kier alpha value is -1.92. The summed E-state index contributed by atoms with van der Waals surface area (Å²) in [6, 6.07) is 10.3. The summed E-state index contributed by atoms with van der Waals surface area (Å²) in [5.41, 5.74) is 0.928. The molecular weight excluding hydrogens is 276 g/mol. The normalized spacial score (nSPS) is 11.6. The summed E-state index contributed by atoms with van der Waals surface area (Å²) in [7, 11) is -0.526. The lowest BCUT2D eigenvalue weighted by atomic mass is 10.3. The number of hydrogen-bond donors (Lipinski definition) is 0. The SMILES string of the molecule is CN(C)S(=O)(=O)c1ccccc1OCc1ccncc1. The number of sulfonamides is 1. The molecule has 106 valence electrons. The highest BCUT2D eigenvalue weighted by Gasteiger charge is 2.21. The molecule has 5 nitrogen and oxygen atoms in total. The zero-order valence-corrected chi connectivity index (χ0v) is 12.2. The Kier molecular flexibility index (Phi) is 4.36. The Balaban J connectivity index is 2.25. The molecule has 0 N–H and O–H groups in total. The molecule has 0 amide bonds. The minimum Gasteiger partial charge on any atom is -0.487 e. The lowest BCUT2D eigenvalue weighted by molar-refractivity contribution is 0.297. The molecule has 1 heterocycles. The predicted molar refractivity (Wildman–Crippen MR) is 75.9 cm³/mol. The van der Waals surface area contributed by atoms with E-state index in [1.54, 1.807) is 30.6 Å². The first-order chi connectivity index (χ1) is 9.51. The van der Waals surface area contributed by atoms with Gasteiger partial charge < -0.3 is 4.74 Å². The second-order valence-corrected chi connectivity index (χ2v) is 6.50. The van der Waals surface area contributed by atoms with Crippen LogP contribution in [0.15, 0.2) is 53.7 Å². The number of benzene rings is 1. The predicted octanol–water partition coefficient (Wildman–Crippen LogP) is 1.91. The molecule has 2 aromatic rings. The lowest BCUT2D eigenvalue weighted by Gasteiger charge is -2.15. The molecule has 0 aliphatic rings. The van der Waals surface area contributed by atoms with Gasteiger partial charge >= 0.3 is 0 Å². The maximum atomic E-state index is 12.2. The van der Waals surface area contributed by atoms with Gasteiger partial charge in [0, 0.05) is 26.5 Å². The van der Waals surface area contributed by atoms with Gasteiger partial charge in [-0.25, -0.2) is 12.7 Å². The Morgan fingerprint density at radius 1 is 1.10 bits per heavy atom. The summed E-state index contributed by atoms with van der Waals surface area (Å²) in [6.45, 7) is 0.294. The van der Waals surface area contributed by atoms with Crippen LogP contribution in [-0.4, -0.2) is 31.8 Å². The van der Waals surface area contributed by atoms with Crippen molar-refractivity contribution in [2.45, 2.75) is 11.5 Å². The molecule has 6 heteroatoms. The molecule has 0 unspecified atom stereocenters. The van der Waals surface area contributed by atoms with E-state index < -0.39 is 10.0 Å². The molecule has 2 rings (SSSR count). The third kappa shape index (κ3) is 3.15. The molecule has 1 aromatic heterocycles. The zero-order valence-electron chi connectivity index (χ0n) is 11.4. The van der Waals surface area contributed by atoms with Gasteiger partial charge in [-0.2, -0.15) is 0 Å². The van der Waals surface area contributed by atoms with E-state index in [-0.39, 0.29) is 4.90 Å². The number of nitrogens with zero attached hydrogens (tertiary/aromatic N) is 2. The third-order valence-corrected chi connectivity index (χ3v) is 4.61. The second-order valence-electron chi connectivity index (χ2n) is 4.38. The molecule has 20 heavy (non-hydrogen) atoms. The first-order valence-electron chi connectivity index (χ1n) is 6.05. The molecule has 0 radical (unpaired) electrons. The van der Waals surface area contributed by atoms with Gasteiger partial charge in [-0.05, 0) is 29.8 Å². The number of aromatic nitrogens is 1. The monoisotopic (exact) mass is 292 g/mol. The van der Waals surface area contributed by atoms with Crippen LogP contribution in [0.2, 0.25) is 0 Å². The van der Waals surface area contributed by atoms with E-state index in [0.29, 0.717) is 12.4 Å². The van der Waals surface area contributed by atoms with Gasteiger partial charge in [0.1, 0.15) is 17.3 Å². The lowest BCUT2D eigenvalue weighted by Crippen LogP contribution is -2.22. The maximum Gasteiger partial charge on any atom is 0.246 e. The summed E-state index contributed by atoms with van der Waals surface area (Å²) in [5.74, 6) is 0.345. The summed E-state index contributed by atoms with van der Waals surface area (Å²) in [4.78, 5) is 4.09. The van der Waals surface area contributed by atoms with E-state index >= 15 is 0 Å². The summed E-state index contributed by atoms with van der Waals surface area (Å²) >= 11 is 0. The van der Waals surface area contributed by atoms with Gasteiger partial charge in [0.25, 0.3) is 0 Å². The summed E-state index contributed by atoms with van der Waals surface area (Å²) < 4.78 is 31.2. The average molecular weight is 292 g/mol. The molecule has 0 aliphatic carbocycles. The van der Waals surface area contributed by atoms with Gasteiger partial charge in [-0.3, -0.25) is 4.98 Å². The van der Waals surface area contributed by atoms with Gasteiger partial charge in [0.2, 0.25) is 10.0 Å². The summed E-state index contributed by atoms with van der Waals surface area (Å²) in [5, 5.41) is 0. The first-order valence-corrected chi connectivity index (χ1v) is 7.49. The van der Waals surface area contributed by atoms with E-state index in [9.17, 15) is 8.42 Å². The van der Waals surface area contributed by atoms with Crippen LogP contribution in [0.25, 0.3) is 0 Å². The van der Waals surface area contributed by atoms with Gasteiger partial charge in [-0.15, -0.1) is 0 Å². The van der Waals surface area contributed by atoms with E-state index in [0.717, 1.165) is 5.56 Å². The van der Waals surface area contributed by atoms with Crippen molar-refractivity contribution >= 4 is 10.0 Å². The van der Waals surface area contributed by atoms with Crippen LogP contribution in [0, 0.1) is 0 Å². The van der Waals surface area contributed by atoms with Crippen molar-refractivity contribution in [3.8, 4) is 5.75 Å². The van der Waals surface area contributed by atoms with Crippen molar-refractivity contribution in [2.24, 2.45) is 0 Å². The fourth-order valence-corrected chi connectivity index (χ4v) is 2.64. The minimum atomic E-state index is -3.52. The van der Waals surface area contributed by atoms with E-state index in [2.05, 4.69) is 4.98 Å². The Morgan fingerprint density at radius 2 is 1.75 bits per heavy atom. The highest BCUT2D eigenvalue weighted by atomic mass is 32.2. The molecular formula is C14H16N2O3S. The quantitative estimate of drug-likeness (QED) is 0.844. The zero-order chi connectivity index (χ0) is 14.6. The third-order valence-electron chi connectivity index (χ3n) is 2.75. The highest BCUT2D eigenvalue weighted by Crippen LogP contribution is 2.26. The van der Waals surface area contributed by atoms with E-state index in [1.807, 2.05) is 12.1 Å². The number of rotatable bonds is 5. The van der Waals surface area contributed by atoms with Crippen LogP contribution < -0.4 is 4.74 Å². The highest BCUT2D eigenvalue weighted by molar-refractivity contribution is 7.89. The second kappa shape index (κ2) is 6.02. The van der Waals surface area contributed by atoms with Crippen LogP contribution >= 0.6 is 0 Å². The van der Waals surface area contributed by atoms with Crippen LogP contribution in [-0.2, 0) is 16.6 Å². The Labute approximate surface area is 118 Å². The summed E-state index contributed by atoms with van der Waals surface area (Å²) in [6.07, 6.45) is 3.34. The van der Waals surface area contributed by atoms with Gasteiger partial charge in [-0.1, -0.05) is 12.1 Å². The van der Waals surface area contributed by atoms with Crippen molar-refractivity contribution in [1.82, 2.24) is 9.29 Å². The fraction of sp³-hybridized carbons (Fsp3) is 0.214. The van der Waals surface area contributed by atoms with Crippen molar-refractivity contribution in [3.63, 3.8) is 0 Å². The average Bonchev–Trinajstić information content (AvgIpc) is 2.46. The van der Waals surface area contributed by atoms with Crippen LogP contribution in [0.1, 0.15) is 5.56 Å². The molecule has 1 aromatic carbocycles. The molecule has 0 saturated carbocycles. The molecule has 0 fully saturated rings.